The summed E-state index contributed by atoms with van der Waals surface area (Å²) >= 11 is 0.300. The van der Waals surface area contributed by atoms with Gasteiger partial charge in [0.2, 0.25) is 0 Å². The Hall–Kier alpha value is 0.519. The monoisotopic (exact) mass is 212 g/mol. The van der Waals surface area contributed by atoms with E-state index in [2.05, 4.69) is 0 Å². The fraction of sp³-hybridized carbons (Fsp3) is 1.00. The number of hydrogen-bond donors (Lipinski definition) is 2. The van der Waals surface area contributed by atoms with Gasteiger partial charge in [0.25, 0.3) is 0 Å². The molecule has 1 atom stereocenters. The zero-order valence-corrected chi connectivity index (χ0v) is 6.94. The second kappa shape index (κ2) is 9.72. The van der Waals surface area contributed by atoms with Gasteiger partial charge in [0.1, 0.15) is 0 Å². The van der Waals surface area contributed by atoms with Gasteiger partial charge in [-0.05, 0) is 6.92 Å². The molecular weight excluding hydrogens is 203 g/mol. The molecule has 0 saturated heterocycles. The van der Waals surface area contributed by atoms with Crippen molar-refractivity contribution in [2.75, 3.05) is 6.61 Å². The zero-order valence-electron chi connectivity index (χ0n) is 4.09. The Labute approximate surface area is 55.8 Å². The fourth-order valence-corrected chi connectivity index (χ4v) is 0. The van der Waals surface area contributed by atoms with Crippen LogP contribution in [0.15, 0.2) is 0 Å². The zero-order chi connectivity index (χ0) is 6.28. The van der Waals surface area contributed by atoms with Crippen molar-refractivity contribution in [2.24, 2.45) is 0 Å². The second-order valence-electron chi connectivity index (χ2n) is 1.03. The molecule has 0 aromatic heterocycles. The van der Waals surface area contributed by atoms with Crippen LogP contribution in [0.3, 0.4) is 0 Å². The Balaban J connectivity index is 0. The van der Waals surface area contributed by atoms with Crippen LogP contribution in [0.1, 0.15) is 6.92 Å². The minimum atomic E-state index is -0.560. The summed E-state index contributed by atoms with van der Waals surface area (Å²) in [6.45, 7) is 1.39. The molecule has 3 nitrogen and oxygen atoms in total. The standard InChI is InChI=1S/C3H8O2.O.Sn/c1-3(5)2-4;;/h3-5H,2H2,1H3;;. The summed E-state index contributed by atoms with van der Waals surface area (Å²) in [5.74, 6) is 0. The molecule has 0 aliphatic heterocycles. The van der Waals surface area contributed by atoms with Gasteiger partial charge in [0.05, 0.1) is 12.7 Å². The summed E-state index contributed by atoms with van der Waals surface area (Å²) in [5, 5.41) is 16.0. The first kappa shape index (κ1) is 10.5. The molecule has 42 valence electrons. The molecule has 0 aromatic rings. The van der Waals surface area contributed by atoms with Crippen molar-refractivity contribution in [1.82, 2.24) is 0 Å². The van der Waals surface area contributed by atoms with E-state index in [1.807, 2.05) is 0 Å². The van der Waals surface area contributed by atoms with Crippen LogP contribution < -0.4 is 0 Å². The number of hydrogen-bond acceptors (Lipinski definition) is 3. The van der Waals surface area contributed by atoms with E-state index in [0.717, 1.165) is 0 Å². The van der Waals surface area contributed by atoms with Gasteiger partial charge in [-0.2, -0.15) is 0 Å². The van der Waals surface area contributed by atoms with Crippen molar-refractivity contribution in [2.45, 2.75) is 13.0 Å². The average Bonchev–Trinajstić information content (AvgIpc) is 1.73. The van der Waals surface area contributed by atoms with Gasteiger partial charge in [0, 0.05) is 0 Å². The third-order valence-corrected chi connectivity index (χ3v) is 0.264. The average molecular weight is 211 g/mol. The van der Waals surface area contributed by atoms with Crippen LogP contribution in [0.5, 0.6) is 0 Å². The topological polar surface area (TPSA) is 57.5 Å². The second-order valence-corrected chi connectivity index (χ2v) is 1.03. The molecule has 0 amide bonds. The molecule has 2 N–H and O–H groups in total. The molecule has 0 rings (SSSR count). The van der Waals surface area contributed by atoms with Crippen LogP contribution in [0.2, 0.25) is 0 Å². The Morgan fingerprint density at radius 3 is 1.86 bits per heavy atom. The molecule has 7 heavy (non-hydrogen) atoms. The van der Waals surface area contributed by atoms with E-state index in [1.165, 1.54) is 6.92 Å². The SMILES string of the molecule is CC(O)CO.[O]=[Sn]. The van der Waals surface area contributed by atoms with E-state index < -0.39 is 6.10 Å². The van der Waals surface area contributed by atoms with Crippen molar-refractivity contribution in [1.29, 1.82) is 0 Å². The van der Waals surface area contributed by atoms with Crippen LogP contribution in [-0.2, 0) is 3.08 Å². The molecule has 0 spiro atoms. The predicted molar refractivity (Wildman–Crippen MR) is 25.2 cm³/mol. The van der Waals surface area contributed by atoms with E-state index in [-0.39, 0.29) is 6.61 Å². The van der Waals surface area contributed by atoms with Gasteiger partial charge in [-0.1, -0.05) is 0 Å². The van der Waals surface area contributed by atoms with Crippen LogP contribution >= 0.6 is 0 Å². The first-order valence-corrected chi connectivity index (χ1v) is 2.93. The van der Waals surface area contributed by atoms with Crippen molar-refractivity contribution in [3.05, 3.63) is 0 Å². The van der Waals surface area contributed by atoms with Crippen LogP contribution in [0, 0.1) is 0 Å². The van der Waals surface area contributed by atoms with E-state index in [0.29, 0.717) is 22.5 Å². The normalized spacial score (nSPS) is 11.3. The van der Waals surface area contributed by atoms with Crippen molar-refractivity contribution < 1.29 is 13.3 Å². The van der Waals surface area contributed by atoms with Gasteiger partial charge >= 0.3 is 25.6 Å². The molecule has 0 bridgehead atoms. The summed E-state index contributed by atoms with van der Waals surface area (Å²) in [6, 6.07) is 0. The number of aliphatic hydroxyl groups excluding tert-OH is 2. The molecule has 0 saturated carbocycles. The summed E-state index contributed by atoms with van der Waals surface area (Å²) in [4.78, 5) is 0. The van der Waals surface area contributed by atoms with Gasteiger partial charge in [-0.25, -0.2) is 0 Å². The van der Waals surface area contributed by atoms with Crippen LogP contribution in [-0.4, -0.2) is 45.4 Å². The first-order chi connectivity index (χ1) is 3.27. The van der Waals surface area contributed by atoms with Crippen molar-refractivity contribution >= 4 is 22.5 Å². The maximum absolute atomic E-state index is 8.34. The molecule has 0 fully saturated rings. The third-order valence-electron chi connectivity index (χ3n) is 0.264. The first-order valence-electron chi connectivity index (χ1n) is 1.76. The van der Waals surface area contributed by atoms with E-state index in [4.69, 9.17) is 13.3 Å². The Morgan fingerprint density at radius 1 is 1.71 bits per heavy atom. The molecule has 0 aliphatic carbocycles. The molecule has 0 aromatic carbocycles. The quantitative estimate of drug-likeness (QED) is 0.539. The van der Waals surface area contributed by atoms with Gasteiger partial charge in [0.15, 0.2) is 0 Å². The Kier molecular flexibility index (Phi) is 14.6. The molecule has 2 radical (unpaired) electrons. The van der Waals surface area contributed by atoms with E-state index in [1.54, 1.807) is 0 Å². The molecular formula is C3H8O3Sn. The van der Waals surface area contributed by atoms with Gasteiger partial charge < -0.3 is 10.2 Å². The Morgan fingerprint density at radius 2 is 1.86 bits per heavy atom. The summed E-state index contributed by atoms with van der Waals surface area (Å²) in [6.07, 6.45) is -0.560. The summed E-state index contributed by atoms with van der Waals surface area (Å²) in [5.41, 5.74) is 0. The van der Waals surface area contributed by atoms with Crippen LogP contribution in [0.4, 0.5) is 0 Å². The predicted octanol–water partition coefficient (Wildman–Crippen LogP) is -1.14. The molecule has 0 aliphatic rings. The Bertz CT molecular complexity index is 31.4. The van der Waals surface area contributed by atoms with Crippen molar-refractivity contribution in [3.8, 4) is 0 Å². The van der Waals surface area contributed by atoms with E-state index >= 15 is 0 Å². The molecule has 0 heterocycles. The van der Waals surface area contributed by atoms with E-state index in [9.17, 15) is 0 Å². The number of aliphatic hydroxyl groups is 2. The summed E-state index contributed by atoms with van der Waals surface area (Å²) < 4.78 is 8.34. The fourth-order valence-electron chi connectivity index (χ4n) is 0. The van der Waals surface area contributed by atoms with Crippen molar-refractivity contribution in [3.63, 3.8) is 0 Å². The maximum atomic E-state index is 8.34. The third kappa shape index (κ3) is 21.0. The van der Waals surface area contributed by atoms with Gasteiger partial charge in [-0.3, -0.25) is 0 Å². The van der Waals surface area contributed by atoms with Crippen LogP contribution in [0.25, 0.3) is 0 Å². The molecule has 1 unspecified atom stereocenters. The minimum absolute atomic E-state index is 0.139. The molecule has 4 heteroatoms. The number of rotatable bonds is 1. The van der Waals surface area contributed by atoms with Gasteiger partial charge in [-0.15, -0.1) is 0 Å². The summed E-state index contributed by atoms with van der Waals surface area (Å²) in [7, 11) is 0.